The summed E-state index contributed by atoms with van der Waals surface area (Å²) in [5, 5.41) is 17.1. The maximum absolute atomic E-state index is 10.5. The summed E-state index contributed by atoms with van der Waals surface area (Å²) < 4.78 is 0. The summed E-state index contributed by atoms with van der Waals surface area (Å²) in [6, 6.07) is 5.48. The summed E-state index contributed by atoms with van der Waals surface area (Å²) in [6.07, 6.45) is 0. The third kappa shape index (κ3) is 4.54. The van der Waals surface area contributed by atoms with Crippen LogP contribution in [0.25, 0.3) is 0 Å². The van der Waals surface area contributed by atoms with E-state index in [4.69, 9.17) is 10.2 Å². The Morgan fingerprint density at radius 2 is 1.21 bits per heavy atom. The molecule has 0 fully saturated rings. The zero-order valence-corrected chi connectivity index (χ0v) is 6.02. The second kappa shape index (κ2) is 8.01. The van der Waals surface area contributed by atoms with Gasteiger partial charge in [0.2, 0.25) is 0 Å². The Kier molecular flexibility index (Phi) is 9.84. The van der Waals surface area contributed by atoms with Gasteiger partial charge >= 0.3 is 92.9 Å². The van der Waals surface area contributed by atoms with Crippen LogP contribution in [0.4, 0.5) is 0 Å². The average Bonchev–Trinajstić information content (AvgIpc) is 2.04. The third-order valence-electron chi connectivity index (χ3n) is 1.39. The summed E-state index contributed by atoms with van der Waals surface area (Å²) >= 11 is 0. The van der Waals surface area contributed by atoms with Crippen LogP contribution in [-0.2, 0) is 0 Å². The van der Waals surface area contributed by atoms with Crippen molar-refractivity contribution in [2.75, 3.05) is 0 Å². The van der Waals surface area contributed by atoms with Gasteiger partial charge in [0.1, 0.15) is 0 Å². The molecule has 0 atom stereocenters. The van der Waals surface area contributed by atoms with Gasteiger partial charge in [0, 0.05) is 0 Å². The molecule has 0 unspecified atom stereocenters. The summed E-state index contributed by atoms with van der Waals surface area (Å²) in [6.45, 7) is 0. The van der Waals surface area contributed by atoms with Gasteiger partial charge in [-0.25, -0.2) is 9.59 Å². The molecule has 0 saturated heterocycles. The fourth-order valence-corrected chi connectivity index (χ4v) is 0.856. The minimum atomic E-state index is -1.23. The van der Waals surface area contributed by atoms with Crippen molar-refractivity contribution >= 4 is 92.9 Å². The molecule has 1 rings (SSSR count). The average molecular weight is 230 g/mol. The number of rotatable bonds is 2. The van der Waals surface area contributed by atoms with Gasteiger partial charge in [-0.1, -0.05) is 12.1 Å². The molecule has 66 valence electrons. The molecule has 0 radical (unpaired) electrons. The predicted molar refractivity (Wildman–Crippen MR) is 54.7 cm³/mol. The van der Waals surface area contributed by atoms with Crippen molar-refractivity contribution in [3.8, 4) is 0 Å². The van der Waals surface area contributed by atoms with Crippen molar-refractivity contribution in [2.45, 2.75) is 0 Å². The summed E-state index contributed by atoms with van der Waals surface area (Å²) in [5.41, 5.74) is -0.380. The molecule has 0 spiro atoms. The summed E-state index contributed by atoms with van der Waals surface area (Å²) in [4.78, 5) is 20.9. The molecule has 4 nitrogen and oxygen atoms in total. The van der Waals surface area contributed by atoms with Crippen LogP contribution in [0.2, 0.25) is 0 Å². The van der Waals surface area contributed by atoms with Crippen molar-refractivity contribution < 1.29 is 19.8 Å². The van der Waals surface area contributed by atoms with Crippen molar-refractivity contribution in [1.29, 1.82) is 0 Å². The molecule has 0 aromatic heterocycles. The van der Waals surface area contributed by atoms with Crippen LogP contribution in [0.15, 0.2) is 24.3 Å². The van der Waals surface area contributed by atoms with Crippen molar-refractivity contribution in [3.63, 3.8) is 0 Å². The van der Waals surface area contributed by atoms with Crippen molar-refractivity contribution in [1.82, 2.24) is 0 Å². The van der Waals surface area contributed by atoms with E-state index in [9.17, 15) is 9.59 Å². The Morgan fingerprint density at radius 3 is 1.43 bits per heavy atom. The predicted octanol–water partition coefficient (Wildman–Crippen LogP) is -0.214. The van der Waals surface area contributed by atoms with Gasteiger partial charge in [0.25, 0.3) is 0 Å². The molecular formula is C8H8KNaO4. The standard InChI is InChI=1S/C8H6O4.K.Na.2H/c9-7(10)5-3-1-2-4-6(5)8(11)12;;;;/h1-4H,(H,9,10)(H,11,12);;;;. The van der Waals surface area contributed by atoms with E-state index in [0.29, 0.717) is 0 Å². The van der Waals surface area contributed by atoms with Gasteiger partial charge < -0.3 is 10.2 Å². The second-order valence-corrected chi connectivity index (χ2v) is 2.16. The molecule has 0 aliphatic heterocycles. The zero-order chi connectivity index (χ0) is 9.14. The molecule has 1 aromatic carbocycles. The van der Waals surface area contributed by atoms with E-state index in [1.165, 1.54) is 24.3 Å². The number of hydrogen-bond donors (Lipinski definition) is 2. The Hall–Kier alpha value is 0.796. The fraction of sp³-hybridized carbons (Fsp3) is 0. The van der Waals surface area contributed by atoms with Gasteiger partial charge in [-0.3, -0.25) is 0 Å². The number of carbonyl (C=O) groups is 2. The molecule has 0 aliphatic carbocycles. The van der Waals surface area contributed by atoms with Crippen molar-refractivity contribution in [3.05, 3.63) is 35.4 Å². The fourth-order valence-electron chi connectivity index (χ4n) is 0.856. The normalized spacial score (nSPS) is 8.00. The Balaban J connectivity index is 0. The van der Waals surface area contributed by atoms with Gasteiger partial charge in [-0.15, -0.1) is 0 Å². The van der Waals surface area contributed by atoms with Gasteiger partial charge in [0.05, 0.1) is 11.1 Å². The van der Waals surface area contributed by atoms with Crippen LogP contribution in [0.3, 0.4) is 0 Å². The zero-order valence-electron chi connectivity index (χ0n) is 6.02. The molecule has 0 saturated carbocycles. The molecule has 14 heavy (non-hydrogen) atoms. The SMILES string of the molecule is O=C(O)c1ccccc1C(=O)O.[KH].[NaH]. The quantitative estimate of drug-likeness (QED) is 0.689. The van der Waals surface area contributed by atoms with Crippen LogP contribution in [0.1, 0.15) is 20.7 Å². The van der Waals surface area contributed by atoms with Crippen LogP contribution in [-0.4, -0.2) is 103 Å². The molecule has 0 bridgehead atoms. The maximum atomic E-state index is 10.5. The van der Waals surface area contributed by atoms with E-state index < -0.39 is 11.9 Å². The van der Waals surface area contributed by atoms with E-state index in [0.717, 1.165) is 0 Å². The molecule has 6 heteroatoms. The monoisotopic (exact) mass is 230 g/mol. The van der Waals surface area contributed by atoms with Gasteiger partial charge in [0.15, 0.2) is 0 Å². The first kappa shape index (κ1) is 17.2. The molecule has 2 N–H and O–H groups in total. The molecular weight excluding hydrogens is 222 g/mol. The summed E-state index contributed by atoms with van der Waals surface area (Å²) in [7, 11) is 0. The van der Waals surface area contributed by atoms with E-state index >= 15 is 0 Å². The number of benzene rings is 1. The molecule has 0 heterocycles. The summed E-state index contributed by atoms with van der Waals surface area (Å²) in [5.74, 6) is -2.46. The Morgan fingerprint density at radius 1 is 0.929 bits per heavy atom. The topological polar surface area (TPSA) is 74.6 Å². The van der Waals surface area contributed by atoms with E-state index in [2.05, 4.69) is 0 Å². The second-order valence-electron chi connectivity index (χ2n) is 2.16. The molecule has 0 aliphatic rings. The Labute approximate surface area is 145 Å². The van der Waals surface area contributed by atoms with E-state index in [-0.39, 0.29) is 92.1 Å². The number of hydrogen-bond acceptors (Lipinski definition) is 2. The van der Waals surface area contributed by atoms with Crippen LogP contribution >= 0.6 is 0 Å². The first-order valence-corrected chi connectivity index (χ1v) is 3.18. The van der Waals surface area contributed by atoms with E-state index in [1.54, 1.807) is 0 Å². The third-order valence-corrected chi connectivity index (χ3v) is 1.39. The minimum absolute atomic E-state index is 0. The number of carboxylic acid groups (broad SMARTS) is 2. The van der Waals surface area contributed by atoms with Crippen LogP contribution < -0.4 is 0 Å². The number of aromatic carboxylic acids is 2. The first-order valence-electron chi connectivity index (χ1n) is 3.18. The molecule has 1 aromatic rings. The van der Waals surface area contributed by atoms with Crippen molar-refractivity contribution in [2.24, 2.45) is 0 Å². The van der Waals surface area contributed by atoms with E-state index in [1.807, 2.05) is 0 Å². The number of carboxylic acids is 2. The van der Waals surface area contributed by atoms with Crippen LogP contribution in [0, 0.1) is 0 Å². The Bertz CT molecular complexity index is 307. The molecule has 0 amide bonds. The van der Waals surface area contributed by atoms with Gasteiger partial charge in [-0.05, 0) is 12.1 Å². The van der Waals surface area contributed by atoms with Crippen LogP contribution in [0.5, 0.6) is 0 Å². The van der Waals surface area contributed by atoms with Gasteiger partial charge in [-0.2, -0.15) is 0 Å². The first-order chi connectivity index (χ1) is 5.63.